The van der Waals surface area contributed by atoms with Crippen LogP contribution in [0.1, 0.15) is 19.0 Å². The molecular formula is C25H26N2O6. The van der Waals surface area contributed by atoms with Gasteiger partial charge in [-0.1, -0.05) is 6.92 Å². The van der Waals surface area contributed by atoms with Crippen LogP contribution in [0.25, 0.3) is 22.4 Å². The van der Waals surface area contributed by atoms with Gasteiger partial charge in [-0.3, -0.25) is 4.79 Å². The van der Waals surface area contributed by atoms with Crippen LogP contribution in [0, 0.1) is 0 Å². The molecule has 0 atom stereocenters. The molecule has 8 nitrogen and oxygen atoms in total. The Morgan fingerprint density at radius 1 is 1.09 bits per heavy atom. The predicted molar refractivity (Wildman–Crippen MR) is 123 cm³/mol. The highest BCUT2D eigenvalue weighted by molar-refractivity contribution is 5.83. The van der Waals surface area contributed by atoms with Gasteiger partial charge in [-0.25, -0.2) is 4.98 Å². The highest BCUT2D eigenvalue weighted by Crippen LogP contribution is 2.32. The van der Waals surface area contributed by atoms with Crippen molar-refractivity contribution in [3.05, 3.63) is 60.6 Å². The van der Waals surface area contributed by atoms with E-state index in [1.807, 2.05) is 49.4 Å². The van der Waals surface area contributed by atoms with E-state index < -0.39 is 5.97 Å². The molecule has 0 bridgehead atoms. The van der Waals surface area contributed by atoms with E-state index in [1.54, 1.807) is 24.1 Å². The fraction of sp³-hybridized carbons (Fsp3) is 0.280. The van der Waals surface area contributed by atoms with Gasteiger partial charge in [0.1, 0.15) is 18.6 Å². The number of fused-ring (bicyclic) bond motifs is 1. The number of aryl methyl sites for hydroxylation is 1. The molecule has 4 aromatic rings. The second kappa shape index (κ2) is 10.1. The predicted octanol–water partition coefficient (Wildman–Crippen LogP) is 4.80. The van der Waals surface area contributed by atoms with E-state index in [0.717, 1.165) is 34.3 Å². The zero-order chi connectivity index (χ0) is 23.2. The van der Waals surface area contributed by atoms with Gasteiger partial charge in [0.2, 0.25) is 5.89 Å². The van der Waals surface area contributed by atoms with E-state index in [4.69, 9.17) is 23.7 Å². The van der Waals surface area contributed by atoms with Gasteiger partial charge >= 0.3 is 5.97 Å². The van der Waals surface area contributed by atoms with Crippen molar-refractivity contribution in [2.24, 2.45) is 0 Å². The van der Waals surface area contributed by atoms with E-state index >= 15 is 0 Å². The van der Waals surface area contributed by atoms with Crippen molar-refractivity contribution < 1.29 is 28.5 Å². The first-order chi connectivity index (χ1) is 16.1. The Kier molecular flexibility index (Phi) is 6.83. The third-order valence-corrected chi connectivity index (χ3v) is 5.19. The standard InChI is InChI=1S/C25H26N2O6/c1-3-19-16-33-25(26-19)18-5-8-22(23(14-18)30-2)32-12-4-11-31-20-6-7-21-17(13-20)9-10-27(21)15-24(28)29/h5-10,13-14,16H,3-4,11-12,15H2,1-2H3,(H,28,29). The van der Waals surface area contributed by atoms with Gasteiger partial charge in [0.05, 0.1) is 26.0 Å². The van der Waals surface area contributed by atoms with Crippen LogP contribution in [-0.2, 0) is 17.8 Å². The molecule has 1 N–H and O–H groups in total. The smallest absolute Gasteiger partial charge is 0.323 e. The maximum absolute atomic E-state index is 10.9. The lowest BCUT2D eigenvalue weighted by molar-refractivity contribution is -0.137. The number of hydrogen-bond acceptors (Lipinski definition) is 6. The number of hydrogen-bond donors (Lipinski definition) is 1. The summed E-state index contributed by atoms with van der Waals surface area (Å²) in [6.07, 6.45) is 4.92. The number of aromatic nitrogens is 2. The number of carbonyl (C=O) groups is 1. The van der Waals surface area contributed by atoms with Crippen LogP contribution < -0.4 is 14.2 Å². The zero-order valence-electron chi connectivity index (χ0n) is 18.6. The average molecular weight is 450 g/mol. The topological polar surface area (TPSA) is 96.0 Å². The van der Waals surface area contributed by atoms with Gasteiger partial charge in [-0.2, -0.15) is 0 Å². The number of methoxy groups -OCH3 is 1. The molecule has 0 saturated heterocycles. The molecule has 0 saturated carbocycles. The minimum atomic E-state index is -0.873. The zero-order valence-corrected chi connectivity index (χ0v) is 18.6. The Morgan fingerprint density at radius 2 is 1.94 bits per heavy atom. The highest BCUT2D eigenvalue weighted by atomic mass is 16.5. The molecule has 2 aromatic heterocycles. The number of rotatable bonds is 11. The molecule has 0 aliphatic rings. The Morgan fingerprint density at radius 3 is 2.70 bits per heavy atom. The molecule has 0 unspecified atom stereocenters. The Bertz CT molecular complexity index is 1240. The first kappa shape index (κ1) is 22.3. The van der Waals surface area contributed by atoms with Gasteiger partial charge in [0, 0.05) is 29.1 Å². The largest absolute Gasteiger partial charge is 0.493 e. The quantitative estimate of drug-likeness (QED) is 0.328. The van der Waals surface area contributed by atoms with Crippen molar-refractivity contribution in [2.45, 2.75) is 26.3 Å². The molecule has 8 heteroatoms. The minimum absolute atomic E-state index is 0.0662. The Hall–Kier alpha value is -3.94. The average Bonchev–Trinajstić information content (AvgIpc) is 3.46. The van der Waals surface area contributed by atoms with Gasteiger partial charge in [-0.05, 0) is 48.9 Å². The molecule has 33 heavy (non-hydrogen) atoms. The summed E-state index contributed by atoms with van der Waals surface area (Å²) in [6, 6.07) is 13.1. The van der Waals surface area contributed by atoms with Crippen molar-refractivity contribution in [2.75, 3.05) is 20.3 Å². The molecule has 2 aromatic carbocycles. The van der Waals surface area contributed by atoms with Crippen LogP contribution in [0.4, 0.5) is 0 Å². The molecule has 0 aliphatic heterocycles. The first-order valence-electron chi connectivity index (χ1n) is 10.8. The third kappa shape index (κ3) is 5.28. The van der Waals surface area contributed by atoms with Crippen LogP contribution in [0.15, 0.2) is 59.3 Å². The monoisotopic (exact) mass is 450 g/mol. The summed E-state index contributed by atoms with van der Waals surface area (Å²) < 4.78 is 24.4. The van der Waals surface area contributed by atoms with E-state index in [9.17, 15) is 4.79 Å². The summed E-state index contributed by atoms with van der Waals surface area (Å²) in [5.74, 6) is 1.67. The lowest BCUT2D eigenvalue weighted by atomic mass is 10.2. The number of nitrogens with zero attached hydrogens (tertiary/aromatic N) is 2. The number of carboxylic acids is 1. The Labute approximate surface area is 191 Å². The molecule has 0 fully saturated rings. The maximum Gasteiger partial charge on any atom is 0.323 e. The van der Waals surface area contributed by atoms with Crippen molar-refractivity contribution in [1.82, 2.24) is 9.55 Å². The van der Waals surface area contributed by atoms with E-state index in [2.05, 4.69) is 4.98 Å². The van der Waals surface area contributed by atoms with Crippen LogP contribution in [0.5, 0.6) is 17.2 Å². The van der Waals surface area contributed by atoms with E-state index in [0.29, 0.717) is 37.0 Å². The van der Waals surface area contributed by atoms with Crippen molar-refractivity contribution in [3.63, 3.8) is 0 Å². The van der Waals surface area contributed by atoms with E-state index in [1.165, 1.54) is 0 Å². The van der Waals surface area contributed by atoms with Gasteiger partial charge in [0.25, 0.3) is 0 Å². The fourth-order valence-corrected chi connectivity index (χ4v) is 3.50. The second-order valence-corrected chi connectivity index (χ2v) is 7.47. The number of benzene rings is 2. The summed E-state index contributed by atoms with van der Waals surface area (Å²) in [7, 11) is 1.60. The van der Waals surface area contributed by atoms with Gasteiger partial charge in [-0.15, -0.1) is 0 Å². The molecular weight excluding hydrogens is 424 g/mol. The number of carboxylic acid groups (broad SMARTS) is 1. The second-order valence-electron chi connectivity index (χ2n) is 7.47. The van der Waals surface area contributed by atoms with Gasteiger partial charge < -0.3 is 28.3 Å². The third-order valence-electron chi connectivity index (χ3n) is 5.19. The molecule has 0 amide bonds. The van der Waals surface area contributed by atoms with Crippen molar-refractivity contribution in [1.29, 1.82) is 0 Å². The van der Waals surface area contributed by atoms with Crippen molar-refractivity contribution >= 4 is 16.9 Å². The fourth-order valence-electron chi connectivity index (χ4n) is 3.50. The SMILES string of the molecule is CCc1coc(-c2ccc(OCCCOc3ccc4c(ccn4CC(=O)O)c3)c(OC)c2)n1. The van der Waals surface area contributed by atoms with E-state index in [-0.39, 0.29) is 6.54 Å². The molecule has 0 spiro atoms. The summed E-state index contributed by atoms with van der Waals surface area (Å²) in [5.41, 5.74) is 2.59. The van der Waals surface area contributed by atoms with Gasteiger partial charge in [0.15, 0.2) is 11.5 Å². The van der Waals surface area contributed by atoms with Crippen LogP contribution in [0.2, 0.25) is 0 Å². The molecule has 4 rings (SSSR count). The Balaban J connectivity index is 1.29. The minimum Gasteiger partial charge on any atom is -0.493 e. The van der Waals surface area contributed by atoms with Crippen LogP contribution >= 0.6 is 0 Å². The normalized spacial score (nSPS) is 11.0. The number of aliphatic carboxylic acids is 1. The molecule has 0 radical (unpaired) electrons. The van der Waals surface area contributed by atoms with Crippen LogP contribution in [-0.4, -0.2) is 41.0 Å². The molecule has 2 heterocycles. The van der Waals surface area contributed by atoms with Crippen LogP contribution in [0.3, 0.4) is 0 Å². The molecule has 172 valence electrons. The number of ether oxygens (including phenoxy) is 3. The van der Waals surface area contributed by atoms with Crippen molar-refractivity contribution in [3.8, 4) is 28.7 Å². The highest BCUT2D eigenvalue weighted by Gasteiger charge is 2.11. The summed E-state index contributed by atoms with van der Waals surface area (Å²) in [4.78, 5) is 15.4. The molecule has 0 aliphatic carbocycles. The summed E-state index contributed by atoms with van der Waals surface area (Å²) in [5, 5.41) is 9.92. The lowest BCUT2D eigenvalue weighted by Crippen LogP contribution is -2.07. The lowest BCUT2D eigenvalue weighted by Gasteiger charge is -2.12. The first-order valence-corrected chi connectivity index (χ1v) is 10.8. The maximum atomic E-state index is 10.9. The summed E-state index contributed by atoms with van der Waals surface area (Å²) in [6.45, 7) is 2.91. The summed E-state index contributed by atoms with van der Waals surface area (Å²) >= 11 is 0. The number of oxazole rings is 1.